The van der Waals surface area contributed by atoms with E-state index in [1.165, 1.54) is 4.90 Å². The lowest BCUT2D eigenvalue weighted by molar-refractivity contribution is -0.151. The Morgan fingerprint density at radius 1 is 1.46 bits per heavy atom. The number of hydrogen-bond donors (Lipinski definition) is 1. The van der Waals surface area contributed by atoms with Gasteiger partial charge in [-0.25, -0.2) is 4.79 Å². The van der Waals surface area contributed by atoms with Crippen LogP contribution in [0.1, 0.15) is 19.3 Å². The Labute approximate surface area is 81.5 Å². The number of carboxylic acid groups (broad SMARTS) is 1. The first-order valence-electron chi connectivity index (χ1n) is 4.25. The molecular weight excluding hydrogens is 194 g/mol. The summed E-state index contributed by atoms with van der Waals surface area (Å²) in [7, 11) is 0. The Balaban J connectivity index is 2.67. The smallest absolute Gasteiger partial charge is 0.326 e. The average Bonchev–Trinajstić information content (AvgIpc) is 2.16. The summed E-state index contributed by atoms with van der Waals surface area (Å²) < 4.78 is 0. The van der Waals surface area contributed by atoms with E-state index in [1.54, 1.807) is 0 Å². The number of carboxylic acids is 1. The van der Waals surface area contributed by atoms with Crippen LogP contribution in [0.3, 0.4) is 0 Å². The van der Waals surface area contributed by atoms with Crippen molar-refractivity contribution in [3.05, 3.63) is 0 Å². The first-order valence-corrected chi connectivity index (χ1v) is 4.78. The number of carbonyl (C=O) groups excluding carboxylic acids is 1. The SMILES string of the molecule is O=C(O)[C@@H]1CCCCN1C(=O)CCl. The van der Waals surface area contributed by atoms with Crippen LogP contribution in [0, 0.1) is 0 Å². The van der Waals surface area contributed by atoms with Gasteiger partial charge in [0, 0.05) is 6.54 Å². The molecule has 0 bridgehead atoms. The van der Waals surface area contributed by atoms with Crippen LogP contribution >= 0.6 is 11.6 Å². The summed E-state index contributed by atoms with van der Waals surface area (Å²) in [6.07, 6.45) is 2.27. The fraction of sp³-hybridized carbons (Fsp3) is 0.750. The van der Waals surface area contributed by atoms with Crippen LogP contribution in [0.2, 0.25) is 0 Å². The van der Waals surface area contributed by atoms with Gasteiger partial charge in [0.05, 0.1) is 0 Å². The highest BCUT2D eigenvalue weighted by atomic mass is 35.5. The normalized spacial score (nSPS) is 22.8. The van der Waals surface area contributed by atoms with E-state index in [9.17, 15) is 9.59 Å². The van der Waals surface area contributed by atoms with Gasteiger partial charge in [0.25, 0.3) is 0 Å². The second-order valence-electron chi connectivity index (χ2n) is 3.07. The first kappa shape index (κ1) is 10.3. The molecule has 1 heterocycles. The number of hydrogen-bond acceptors (Lipinski definition) is 2. The van der Waals surface area contributed by atoms with Crippen LogP contribution in [0.4, 0.5) is 0 Å². The van der Waals surface area contributed by atoms with E-state index in [-0.39, 0.29) is 11.8 Å². The Morgan fingerprint density at radius 2 is 2.15 bits per heavy atom. The molecule has 1 rings (SSSR count). The molecule has 1 atom stereocenters. The van der Waals surface area contributed by atoms with Gasteiger partial charge in [-0.2, -0.15) is 0 Å². The monoisotopic (exact) mass is 205 g/mol. The van der Waals surface area contributed by atoms with Crippen molar-refractivity contribution in [2.24, 2.45) is 0 Å². The van der Waals surface area contributed by atoms with Gasteiger partial charge in [-0.05, 0) is 19.3 Å². The molecule has 1 fully saturated rings. The van der Waals surface area contributed by atoms with Crippen molar-refractivity contribution in [3.8, 4) is 0 Å². The van der Waals surface area contributed by atoms with Crippen molar-refractivity contribution in [1.82, 2.24) is 4.90 Å². The molecule has 13 heavy (non-hydrogen) atoms. The van der Waals surface area contributed by atoms with Gasteiger partial charge in [0.1, 0.15) is 11.9 Å². The fourth-order valence-corrected chi connectivity index (χ4v) is 1.72. The van der Waals surface area contributed by atoms with Crippen LogP contribution in [-0.2, 0) is 9.59 Å². The maximum Gasteiger partial charge on any atom is 0.326 e. The van der Waals surface area contributed by atoms with Crippen molar-refractivity contribution < 1.29 is 14.7 Å². The lowest BCUT2D eigenvalue weighted by Crippen LogP contribution is -2.48. The zero-order valence-electron chi connectivity index (χ0n) is 7.20. The summed E-state index contributed by atoms with van der Waals surface area (Å²) in [5, 5.41) is 8.82. The molecule has 1 aliphatic heterocycles. The number of likely N-dealkylation sites (tertiary alicyclic amines) is 1. The van der Waals surface area contributed by atoms with Gasteiger partial charge in [0.2, 0.25) is 5.91 Å². The van der Waals surface area contributed by atoms with E-state index in [4.69, 9.17) is 16.7 Å². The van der Waals surface area contributed by atoms with E-state index in [1.807, 2.05) is 0 Å². The second kappa shape index (κ2) is 4.46. The van der Waals surface area contributed by atoms with Crippen LogP contribution in [0.25, 0.3) is 0 Å². The van der Waals surface area contributed by atoms with Gasteiger partial charge < -0.3 is 10.0 Å². The number of piperidine rings is 1. The van der Waals surface area contributed by atoms with E-state index in [2.05, 4.69) is 0 Å². The Bertz CT molecular complexity index is 219. The minimum absolute atomic E-state index is 0.135. The van der Waals surface area contributed by atoms with Crippen molar-refractivity contribution in [3.63, 3.8) is 0 Å². The maximum absolute atomic E-state index is 11.2. The van der Waals surface area contributed by atoms with Gasteiger partial charge in [-0.3, -0.25) is 4.79 Å². The molecule has 0 spiro atoms. The minimum atomic E-state index is -0.932. The standard InChI is InChI=1S/C8H12ClNO3/c9-5-7(11)10-4-2-1-3-6(10)8(12)13/h6H,1-5H2,(H,12,13)/t6-/m0/s1. The summed E-state index contributed by atoms with van der Waals surface area (Å²) in [6, 6.07) is -0.667. The number of nitrogens with zero attached hydrogens (tertiary/aromatic N) is 1. The molecule has 0 aromatic heterocycles. The third-order valence-electron chi connectivity index (χ3n) is 2.22. The largest absolute Gasteiger partial charge is 0.480 e. The van der Waals surface area contributed by atoms with Crippen LogP contribution in [0.15, 0.2) is 0 Å². The van der Waals surface area contributed by atoms with Gasteiger partial charge in [0.15, 0.2) is 0 Å². The number of carbonyl (C=O) groups is 2. The van der Waals surface area contributed by atoms with Crippen LogP contribution in [0.5, 0.6) is 0 Å². The van der Waals surface area contributed by atoms with Gasteiger partial charge in [-0.15, -0.1) is 11.6 Å². The van der Waals surface area contributed by atoms with Crippen LogP contribution in [-0.4, -0.2) is 40.3 Å². The van der Waals surface area contributed by atoms with E-state index in [0.29, 0.717) is 13.0 Å². The molecule has 0 unspecified atom stereocenters. The molecule has 74 valence electrons. The molecule has 0 saturated carbocycles. The zero-order chi connectivity index (χ0) is 9.84. The summed E-state index contributed by atoms with van der Waals surface area (Å²) >= 11 is 5.37. The van der Waals surface area contributed by atoms with Gasteiger partial charge >= 0.3 is 5.97 Å². The lowest BCUT2D eigenvalue weighted by atomic mass is 10.0. The molecule has 0 aliphatic carbocycles. The Kier molecular flexibility index (Phi) is 3.54. The molecule has 5 heteroatoms. The molecule has 1 aliphatic rings. The number of alkyl halides is 1. The van der Waals surface area contributed by atoms with E-state index in [0.717, 1.165) is 12.8 Å². The highest BCUT2D eigenvalue weighted by Gasteiger charge is 2.31. The maximum atomic E-state index is 11.2. The molecule has 0 aromatic rings. The fourth-order valence-electron chi connectivity index (χ4n) is 1.56. The molecule has 0 aromatic carbocycles. The zero-order valence-corrected chi connectivity index (χ0v) is 7.96. The Hall–Kier alpha value is -0.770. The number of halogens is 1. The second-order valence-corrected chi connectivity index (χ2v) is 3.34. The van der Waals surface area contributed by atoms with E-state index < -0.39 is 12.0 Å². The van der Waals surface area contributed by atoms with Crippen molar-refractivity contribution in [2.45, 2.75) is 25.3 Å². The molecule has 4 nitrogen and oxygen atoms in total. The van der Waals surface area contributed by atoms with Crippen LogP contribution < -0.4 is 0 Å². The number of rotatable bonds is 2. The molecule has 1 amide bonds. The first-order chi connectivity index (χ1) is 6.16. The van der Waals surface area contributed by atoms with Crippen molar-refractivity contribution >= 4 is 23.5 Å². The van der Waals surface area contributed by atoms with Crippen molar-refractivity contribution in [1.29, 1.82) is 0 Å². The molecule has 1 N–H and O–H groups in total. The summed E-state index contributed by atoms with van der Waals surface area (Å²) in [5.74, 6) is -1.35. The third kappa shape index (κ3) is 2.34. The number of aliphatic carboxylic acids is 1. The Morgan fingerprint density at radius 3 is 2.69 bits per heavy atom. The van der Waals surface area contributed by atoms with Crippen molar-refractivity contribution in [2.75, 3.05) is 12.4 Å². The van der Waals surface area contributed by atoms with Gasteiger partial charge in [-0.1, -0.05) is 0 Å². The summed E-state index contributed by atoms with van der Waals surface area (Å²) in [5.41, 5.74) is 0. The predicted octanol–water partition coefficient (Wildman–Crippen LogP) is 0.691. The molecule has 0 radical (unpaired) electrons. The molecule has 1 saturated heterocycles. The lowest BCUT2D eigenvalue weighted by Gasteiger charge is -2.32. The minimum Gasteiger partial charge on any atom is -0.480 e. The average molecular weight is 206 g/mol. The topological polar surface area (TPSA) is 57.6 Å². The highest BCUT2D eigenvalue weighted by molar-refractivity contribution is 6.27. The quantitative estimate of drug-likeness (QED) is 0.675. The van der Waals surface area contributed by atoms with E-state index >= 15 is 0 Å². The number of amides is 1. The third-order valence-corrected chi connectivity index (χ3v) is 2.45. The predicted molar refractivity (Wildman–Crippen MR) is 47.7 cm³/mol. The molecular formula is C8H12ClNO3. The summed E-state index contributed by atoms with van der Waals surface area (Å²) in [4.78, 5) is 23.3. The highest BCUT2D eigenvalue weighted by Crippen LogP contribution is 2.17. The summed E-state index contributed by atoms with van der Waals surface area (Å²) in [6.45, 7) is 0.516.